The molecule has 0 aliphatic carbocycles. The molecule has 0 unspecified atom stereocenters. The van der Waals surface area contributed by atoms with Crippen LogP contribution < -0.4 is 25.4 Å². The molecule has 0 saturated heterocycles. The molecule has 2 amide bonds. The first kappa shape index (κ1) is 20.3. The lowest BCUT2D eigenvalue weighted by Gasteiger charge is -2.09. The highest BCUT2D eigenvalue weighted by Gasteiger charge is 2.07. The third kappa shape index (κ3) is 6.99. The van der Waals surface area contributed by atoms with Gasteiger partial charge in [0.15, 0.2) is 6.61 Å². The minimum absolute atomic E-state index is 0.131. The van der Waals surface area contributed by atoms with Crippen molar-refractivity contribution in [1.82, 2.24) is 10.6 Å². The van der Waals surface area contributed by atoms with Crippen molar-refractivity contribution in [3.63, 3.8) is 0 Å². The van der Waals surface area contributed by atoms with Gasteiger partial charge in [-0.25, -0.2) is 0 Å². The van der Waals surface area contributed by atoms with E-state index in [1.807, 2.05) is 7.05 Å². The zero-order valence-electron chi connectivity index (χ0n) is 15.6. The molecule has 7 nitrogen and oxygen atoms in total. The molecule has 0 radical (unpaired) electrons. The second-order valence-electron chi connectivity index (χ2n) is 5.81. The molecular weight excluding hydrogens is 346 g/mol. The van der Waals surface area contributed by atoms with Gasteiger partial charge < -0.3 is 25.4 Å². The number of anilines is 1. The SMILES string of the molecule is CNCCCNC(=O)c1ccc(OCC(=O)Nc2cccc(OC)c2)cc1. The van der Waals surface area contributed by atoms with Crippen molar-refractivity contribution >= 4 is 17.5 Å². The molecule has 0 bridgehead atoms. The molecule has 0 saturated carbocycles. The van der Waals surface area contributed by atoms with Gasteiger partial charge in [-0.2, -0.15) is 0 Å². The number of methoxy groups -OCH3 is 1. The molecule has 0 spiro atoms. The van der Waals surface area contributed by atoms with Gasteiger partial charge in [-0.15, -0.1) is 0 Å². The summed E-state index contributed by atoms with van der Waals surface area (Å²) in [4.78, 5) is 24.0. The summed E-state index contributed by atoms with van der Waals surface area (Å²) in [6.07, 6.45) is 0.867. The summed E-state index contributed by atoms with van der Waals surface area (Å²) in [5.74, 6) is 0.763. The predicted octanol–water partition coefficient (Wildman–Crippen LogP) is 2.05. The lowest BCUT2D eigenvalue weighted by molar-refractivity contribution is -0.118. The monoisotopic (exact) mass is 371 g/mol. The minimum Gasteiger partial charge on any atom is -0.497 e. The van der Waals surface area contributed by atoms with Crippen LogP contribution in [0.15, 0.2) is 48.5 Å². The van der Waals surface area contributed by atoms with E-state index >= 15 is 0 Å². The van der Waals surface area contributed by atoms with Crippen molar-refractivity contribution < 1.29 is 19.1 Å². The van der Waals surface area contributed by atoms with Gasteiger partial charge in [-0.3, -0.25) is 9.59 Å². The normalized spacial score (nSPS) is 10.1. The quantitative estimate of drug-likeness (QED) is 0.556. The zero-order chi connectivity index (χ0) is 19.5. The van der Waals surface area contributed by atoms with Crippen molar-refractivity contribution in [2.45, 2.75) is 6.42 Å². The second-order valence-corrected chi connectivity index (χ2v) is 5.81. The van der Waals surface area contributed by atoms with Crippen molar-refractivity contribution in [2.24, 2.45) is 0 Å². The molecule has 0 aromatic heterocycles. The van der Waals surface area contributed by atoms with Gasteiger partial charge in [-0.1, -0.05) is 6.07 Å². The van der Waals surface area contributed by atoms with Gasteiger partial charge in [0.05, 0.1) is 7.11 Å². The number of nitrogens with one attached hydrogen (secondary N) is 3. The summed E-state index contributed by atoms with van der Waals surface area (Å²) in [5.41, 5.74) is 1.18. The van der Waals surface area contributed by atoms with Crippen LogP contribution >= 0.6 is 0 Å². The van der Waals surface area contributed by atoms with Gasteiger partial charge in [0.2, 0.25) is 0 Å². The molecule has 144 valence electrons. The summed E-state index contributed by atoms with van der Waals surface area (Å²) in [7, 11) is 3.44. The van der Waals surface area contributed by atoms with E-state index < -0.39 is 0 Å². The van der Waals surface area contributed by atoms with E-state index in [2.05, 4.69) is 16.0 Å². The van der Waals surface area contributed by atoms with E-state index in [4.69, 9.17) is 9.47 Å². The van der Waals surface area contributed by atoms with Crippen LogP contribution in [0.5, 0.6) is 11.5 Å². The number of hydrogen-bond acceptors (Lipinski definition) is 5. The molecule has 0 heterocycles. The highest BCUT2D eigenvalue weighted by molar-refractivity contribution is 5.94. The Morgan fingerprint density at radius 2 is 1.78 bits per heavy atom. The Bertz CT molecular complexity index is 747. The van der Waals surface area contributed by atoms with Gasteiger partial charge in [0.25, 0.3) is 11.8 Å². The summed E-state index contributed by atoms with van der Waals surface area (Å²) >= 11 is 0. The van der Waals surface area contributed by atoms with Crippen LogP contribution in [0, 0.1) is 0 Å². The molecule has 2 aromatic carbocycles. The third-order valence-electron chi connectivity index (χ3n) is 3.73. The molecule has 0 atom stereocenters. The number of benzene rings is 2. The molecule has 0 fully saturated rings. The first-order chi connectivity index (χ1) is 13.1. The van der Waals surface area contributed by atoms with E-state index in [1.54, 1.807) is 55.6 Å². The van der Waals surface area contributed by atoms with Crippen molar-refractivity contribution in [3.8, 4) is 11.5 Å². The van der Waals surface area contributed by atoms with Crippen LogP contribution in [0.3, 0.4) is 0 Å². The average molecular weight is 371 g/mol. The van der Waals surface area contributed by atoms with Crippen molar-refractivity contribution in [3.05, 3.63) is 54.1 Å². The first-order valence-corrected chi connectivity index (χ1v) is 8.72. The van der Waals surface area contributed by atoms with Crippen molar-refractivity contribution in [2.75, 3.05) is 39.2 Å². The second kappa shape index (κ2) is 10.8. The Labute approximate surface area is 159 Å². The highest BCUT2D eigenvalue weighted by Crippen LogP contribution is 2.17. The highest BCUT2D eigenvalue weighted by atomic mass is 16.5. The Morgan fingerprint density at radius 1 is 1.00 bits per heavy atom. The van der Waals surface area contributed by atoms with Gasteiger partial charge in [0, 0.05) is 23.9 Å². The maximum atomic E-state index is 12.0. The molecule has 3 N–H and O–H groups in total. The van der Waals surface area contributed by atoms with E-state index in [-0.39, 0.29) is 18.4 Å². The average Bonchev–Trinajstić information content (AvgIpc) is 2.70. The van der Waals surface area contributed by atoms with Crippen LogP contribution in [0.25, 0.3) is 0 Å². The third-order valence-corrected chi connectivity index (χ3v) is 3.73. The smallest absolute Gasteiger partial charge is 0.262 e. The number of hydrogen-bond donors (Lipinski definition) is 3. The van der Waals surface area contributed by atoms with Gasteiger partial charge >= 0.3 is 0 Å². The maximum absolute atomic E-state index is 12.0. The fraction of sp³-hybridized carbons (Fsp3) is 0.300. The molecule has 0 aliphatic rings. The standard InChI is InChI=1S/C20H25N3O4/c1-21-11-4-12-22-20(25)15-7-9-17(10-8-15)27-14-19(24)23-16-5-3-6-18(13-16)26-2/h3,5-10,13,21H,4,11-12,14H2,1-2H3,(H,22,25)(H,23,24). The van der Waals surface area contributed by atoms with Gasteiger partial charge in [-0.05, 0) is 56.4 Å². The maximum Gasteiger partial charge on any atom is 0.262 e. The van der Waals surface area contributed by atoms with Crippen LogP contribution in [-0.4, -0.2) is 45.7 Å². The van der Waals surface area contributed by atoms with E-state index in [9.17, 15) is 9.59 Å². The van der Waals surface area contributed by atoms with E-state index in [0.29, 0.717) is 29.3 Å². The summed E-state index contributed by atoms with van der Waals surface area (Å²) in [5, 5.41) is 8.61. The van der Waals surface area contributed by atoms with Gasteiger partial charge in [0.1, 0.15) is 11.5 Å². The molecule has 2 aromatic rings. The van der Waals surface area contributed by atoms with Crippen LogP contribution in [-0.2, 0) is 4.79 Å². The summed E-state index contributed by atoms with van der Waals surface area (Å²) < 4.78 is 10.6. The fourth-order valence-electron chi connectivity index (χ4n) is 2.32. The summed E-state index contributed by atoms with van der Waals surface area (Å²) in [6.45, 7) is 1.33. The number of rotatable bonds is 10. The Balaban J connectivity index is 1.78. The summed E-state index contributed by atoms with van der Waals surface area (Å²) in [6, 6.07) is 13.8. The Hall–Kier alpha value is -3.06. The Kier molecular flexibility index (Phi) is 8.12. The van der Waals surface area contributed by atoms with Crippen LogP contribution in [0.4, 0.5) is 5.69 Å². The molecule has 2 rings (SSSR count). The van der Waals surface area contributed by atoms with Crippen LogP contribution in [0.2, 0.25) is 0 Å². The van der Waals surface area contributed by atoms with Crippen LogP contribution in [0.1, 0.15) is 16.8 Å². The minimum atomic E-state index is -0.283. The lowest BCUT2D eigenvalue weighted by Crippen LogP contribution is -2.26. The zero-order valence-corrected chi connectivity index (χ0v) is 15.6. The van der Waals surface area contributed by atoms with E-state index in [1.165, 1.54) is 0 Å². The number of carbonyl (C=O) groups excluding carboxylic acids is 2. The number of ether oxygens (including phenoxy) is 2. The first-order valence-electron chi connectivity index (χ1n) is 8.72. The van der Waals surface area contributed by atoms with E-state index in [0.717, 1.165) is 13.0 Å². The Morgan fingerprint density at radius 3 is 2.48 bits per heavy atom. The number of carbonyl (C=O) groups is 2. The number of amides is 2. The molecule has 27 heavy (non-hydrogen) atoms. The topological polar surface area (TPSA) is 88.7 Å². The van der Waals surface area contributed by atoms with Crippen molar-refractivity contribution in [1.29, 1.82) is 0 Å². The fourth-order valence-corrected chi connectivity index (χ4v) is 2.32. The lowest BCUT2D eigenvalue weighted by atomic mass is 10.2. The molecular formula is C20H25N3O4. The largest absolute Gasteiger partial charge is 0.497 e. The molecule has 0 aliphatic heterocycles. The molecule has 7 heteroatoms. The predicted molar refractivity (Wildman–Crippen MR) is 104 cm³/mol.